The van der Waals surface area contributed by atoms with Gasteiger partial charge in [-0.1, -0.05) is 31.0 Å². The first-order chi connectivity index (χ1) is 15.6. The number of carbonyl (C=O) groups excluding carboxylic acids is 2. The Hall–Kier alpha value is -1.80. The van der Waals surface area contributed by atoms with Crippen molar-refractivity contribution in [1.82, 2.24) is 0 Å². The SMILES string of the molecule is O=C(OC1[C@H]2OC3(CCCCC3)O[C@H]2C(=O)[C@H]2OC3(CCCCC3)O[C@@H]12)c1ccccc1. The summed E-state index contributed by atoms with van der Waals surface area (Å²) >= 11 is 0. The number of Topliss-reactive ketones (excluding diaryl/α,β-unsaturated/α-hetero) is 1. The second kappa shape index (κ2) is 7.90. The van der Waals surface area contributed by atoms with Gasteiger partial charge in [-0.05, 0) is 37.8 Å². The van der Waals surface area contributed by atoms with E-state index in [4.69, 9.17) is 23.7 Å². The van der Waals surface area contributed by atoms with E-state index < -0.39 is 48.1 Å². The maximum absolute atomic E-state index is 13.5. The Morgan fingerprint density at radius 1 is 0.750 bits per heavy atom. The zero-order chi connectivity index (χ0) is 21.8. The van der Waals surface area contributed by atoms with Crippen molar-refractivity contribution in [3.05, 3.63) is 35.9 Å². The molecular weight excluding hydrogens is 412 g/mol. The summed E-state index contributed by atoms with van der Waals surface area (Å²) in [5.74, 6) is -2.15. The normalized spacial score (nSPS) is 37.2. The van der Waals surface area contributed by atoms with E-state index in [9.17, 15) is 9.59 Å². The summed E-state index contributed by atoms with van der Waals surface area (Å²) in [6, 6.07) is 8.88. The fourth-order valence-corrected chi connectivity index (χ4v) is 6.09. The van der Waals surface area contributed by atoms with Crippen LogP contribution in [0.15, 0.2) is 30.3 Å². The number of ketones is 1. The van der Waals surface area contributed by atoms with Crippen LogP contribution in [0.5, 0.6) is 0 Å². The molecule has 0 N–H and O–H groups in total. The molecule has 1 unspecified atom stereocenters. The summed E-state index contributed by atoms with van der Waals surface area (Å²) in [7, 11) is 0. The van der Waals surface area contributed by atoms with Crippen LogP contribution in [-0.2, 0) is 28.5 Å². The minimum absolute atomic E-state index is 0.142. The van der Waals surface area contributed by atoms with Crippen LogP contribution < -0.4 is 0 Å². The number of ether oxygens (including phenoxy) is 5. The highest BCUT2D eigenvalue weighted by atomic mass is 16.8. The lowest BCUT2D eigenvalue weighted by Gasteiger charge is -2.36. The molecule has 1 aromatic rings. The lowest BCUT2D eigenvalue weighted by Crippen LogP contribution is -2.60. The second-order valence-electron chi connectivity index (χ2n) is 9.82. The summed E-state index contributed by atoms with van der Waals surface area (Å²) in [6.07, 6.45) is 5.46. The van der Waals surface area contributed by atoms with Crippen LogP contribution in [0.4, 0.5) is 0 Å². The average molecular weight is 443 g/mol. The van der Waals surface area contributed by atoms with E-state index in [2.05, 4.69) is 0 Å². The van der Waals surface area contributed by atoms with Gasteiger partial charge in [0.15, 0.2) is 35.7 Å². The third-order valence-electron chi connectivity index (χ3n) is 7.67. The molecule has 7 nitrogen and oxygen atoms in total. The van der Waals surface area contributed by atoms with Gasteiger partial charge in [-0.2, -0.15) is 0 Å². The largest absolute Gasteiger partial charge is 0.453 e. The molecule has 7 heteroatoms. The van der Waals surface area contributed by atoms with Crippen molar-refractivity contribution in [3.8, 4) is 0 Å². The molecule has 2 spiro atoms. The summed E-state index contributed by atoms with van der Waals surface area (Å²) in [6.45, 7) is 0. The molecule has 32 heavy (non-hydrogen) atoms. The Kier molecular flexibility index (Phi) is 5.13. The molecule has 1 aromatic carbocycles. The van der Waals surface area contributed by atoms with Crippen molar-refractivity contribution < 1.29 is 33.3 Å². The first kappa shape index (κ1) is 20.8. The minimum Gasteiger partial charge on any atom is -0.453 e. The molecule has 2 aliphatic heterocycles. The van der Waals surface area contributed by atoms with E-state index in [0.717, 1.165) is 64.2 Å². The predicted octanol–water partition coefficient (Wildman–Crippen LogP) is 3.68. The number of esters is 1. The molecule has 0 aromatic heterocycles. The van der Waals surface area contributed by atoms with Gasteiger partial charge in [0.05, 0.1) is 5.56 Å². The fraction of sp³-hybridized carbons (Fsp3) is 0.680. The van der Waals surface area contributed by atoms with E-state index in [-0.39, 0.29) is 5.78 Å². The van der Waals surface area contributed by atoms with E-state index >= 15 is 0 Å². The maximum atomic E-state index is 13.5. The van der Waals surface area contributed by atoms with Gasteiger partial charge in [0.25, 0.3) is 0 Å². The molecular formula is C25H30O7. The third kappa shape index (κ3) is 3.41. The van der Waals surface area contributed by atoms with E-state index in [0.29, 0.717) is 5.56 Å². The summed E-state index contributed by atoms with van der Waals surface area (Å²) in [4.78, 5) is 26.5. The van der Waals surface area contributed by atoms with Gasteiger partial charge in [-0.25, -0.2) is 4.79 Å². The van der Waals surface area contributed by atoms with Crippen LogP contribution in [-0.4, -0.2) is 53.8 Å². The predicted molar refractivity (Wildman–Crippen MR) is 112 cm³/mol. The lowest BCUT2D eigenvalue weighted by molar-refractivity contribution is -0.219. The Morgan fingerprint density at radius 2 is 1.25 bits per heavy atom. The van der Waals surface area contributed by atoms with Crippen LogP contribution >= 0.6 is 0 Å². The number of carbonyl (C=O) groups is 2. The molecule has 5 atom stereocenters. The van der Waals surface area contributed by atoms with Gasteiger partial charge in [0, 0.05) is 25.7 Å². The number of hydrogen-bond donors (Lipinski definition) is 0. The van der Waals surface area contributed by atoms with Gasteiger partial charge in [-0.15, -0.1) is 0 Å². The second-order valence-corrected chi connectivity index (χ2v) is 9.82. The quantitative estimate of drug-likeness (QED) is 0.647. The first-order valence-electron chi connectivity index (χ1n) is 12.1. The molecule has 0 radical (unpaired) electrons. The minimum atomic E-state index is -0.801. The van der Waals surface area contributed by atoms with Crippen molar-refractivity contribution in [2.75, 3.05) is 0 Å². The molecule has 172 valence electrons. The maximum Gasteiger partial charge on any atom is 0.338 e. The molecule has 5 aliphatic rings. The van der Waals surface area contributed by atoms with Crippen molar-refractivity contribution in [2.24, 2.45) is 0 Å². The third-order valence-corrected chi connectivity index (χ3v) is 7.67. The standard InChI is InChI=1S/C25H30O7/c26-17-18-21(31-24(29-18)12-6-2-7-13-24)20(28-23(27)16-10-4-1-5-11-16)22-19(17)30-25(32-22)14-8-3-9-15-25/h1,4-5,10-11,18-22H,2-3,6-9,12-15H2/t18-,19+,20?,21-,22+. The van der Waals surface area contributed by atoms with E-state index in [1.54, 1.807) is 24.3 Å². The average Bonchev–Trinajstić information content (AvgIpc) is 3.37. The van der Waals surface area contributed by atoms with Crippen LogP contribution in [0.2, 0.25) is 0 Å². The van der Waals surface area contributed by atoms with Crippen molar-refractivity contribution >= 4 is 11.8 Å². The van der Waals surface area contributed by atoms with Gasteiger partial charge in [0.2, 0.25) is 0 Å². The molecule has 2 saturated heterocycles. The van der Waals surface area contributed by atoms with E-state index in [1.165, 1.54) is 0 Å². The smallest absolute Gasteiger partial charge is 0.338 e. The van der Waals surface area contributed by atoms with E-state index in [1.807, 2.05) is 6.07 Å². The van der Waals surface area contributed by atoms with Crippen LogP contribution in [0.3, 0.4) is 0 Å². The topological polar surface area (TPSA) is 80.3 Å². The molecule has 6 rings (SSSR count). The van der Waals surface area contributed by atoms with Crippen molar-refractivity contribution in [1.29, 1.82) is 0 Å². The zero-order valence-corrected chi connectivity index (χ0v) is 18.2. The first-order valence-corrected chi connectivity index (χ1v) is 12.1. The summed E-state index contributed by atoms with van der Waals surface area (Å²) in [5, 5.41) is 0. The van der Waals surface area contributed by atoms with Crippen LogP contribution in [0.1, 0.15) is 74.6 Å². The van der Waals surface area contributed by atoms with Gasteiger partial charge in [-0.3, -0.25) is 4.79 Å². The Labute approximate surface area is 187 Å². The van der Waals surface area contributed by atoms with Crippen LogP contribution in [0, 0.1) is 0 Å². The number of benzene rings is 1. The zero-order valence-electron chi connectivity index (χ0n) is 18.2. The molecule has 2 heterocycles. The molecule has 0 amide bonds. The molecule has 3 saturated carbocycles. The highest BCUT2D eigenvalue weighted by Crippen LogP contribution is 2.50. The monoisotopic (exact) mass is 442 g/mol. The van der Waals surface area contributed by atoms with Gasteiger partial charge >= 0.3 is 5.97 Å². The number of fused-ring (bicyclic) bond motifs is 2. The number of hydrogen-bond acceptors (Lipinski definition) is 7. The highest BCUT2D eigenvalue weighted by Gasteiger charge is 2.67. The Morgan fingerprint density at radius 3 is 1.75 bits per heavy atom. The van der Waals surface area contributed by atoms with Crippen molar-refractivity contribution in [3.63, 3.8) is 0 Å². The highest BCUT2D eigenvalue weighted by molar-refractivity contribution is 5.92. The Bertz CT molecular complexity index is 828. The Balaban J connectivity index is 1.32. The van der Waals surface area contributed by atoms with Gasteiger partial charge < -0.3 is 23.7 Å². The van der Waals surface area contributed by atoms with Crippen LogP contribution in [0.25, 0.3) is 0 Å². The molecule has 5 fully saturated rings. The molecule has 0 bridgehead atoms. The fourth-order valence-electron chi connectivity index (χ4n) is 6.09. The van der Waals surface area contributed by atoms with Gasteiger partial charge in [0.1, 0.15) is 12.2 Å². The summed E-state index contributed by atoms with van der Waals surface area (Å²) < 4.78 is 31.5. The molecule has 3 aliphatic carbocycles. The number of rotatable bonds is 2. The lowest BCUT2D eigenvalue weighted by atomic mass is 9.86. The summed E-state index contributed by atoms with van der Waals surface area (Å²) in [5.41, 5.74) is 0.454. The van der Waals surface area contributed by atoms with Crippen molar-refractivity contribution in [2.45, 2.75) is 106 Å².